The average molecular weight is 239 g/mol. The minimum absolute atomic E-state index is 0.334. The Balaban J connectivity index is 2.86. The van der Waals surface area contributed by atoms with Gasteiger partial charge in [0.2, 0.25) is 0 Å². The number of nitrogens with one attached hydrogen (secondary N) is 1. The van der Waals surface area contributed by atoms with Crippen molar-refractivity contribution in [2.24, 2.45) is 12.5 Å². The van der Waals surface area contributed by atoms with Gasteiger partial charge >= 0.3 is 5.97 Å². The number of aryl methyl sites for hydroxylation is 1. The largest absolute Gasteiger partial charge is 0.480 e. The van der Waals surface area contributed by atoms with Gasteiger partial charge in [-0.15, -0.1) is 0 Å². The maximum Gasteiger partial charge on any atom is 0.326 e. The highest BCUT2D eigenvalue weighted by molar-refractivity contribution is 5.95. The molecule has 94 valence electrons. The summed E-state index contributed by atoms with van der Waals surface area (Å²) in [4.78, 5) is 26.8. The van der Waals surface area contributed by atoms with Crippen molar-refractivity contribution in [2.75, 3.05) is 0 Å². The van der Waals surface area contributed by atoms with Crippen LogP contribution in [0.5, 0.6) is 0 Å². The molecule has 1 rings (SSSR count). The van der Waals surface area contributed by atoms with Crippen LogP contribution in [-0.4, -0.2) is 32.6 Å². The zero-order valence-corrected chi connectivity index (χ0v) is 10.4. The van der Waals surface area contributed by atoms with Crippen molar-refractivity contribution in [3.05, 3.63) is 18.2 Å². The highest BCUT2D eigenvalue weighted by Gasteiger charge is 2.33. The number of aliphatic carboxylic acids is 1. The van der Waals surface area contributed by atoms with E-state index >= 15 is 0 Å². The quantitative estimate of drug-likeness (QED) is 0.811. The highest BCUT2D eigenvalue weighted by Crippen LogP contribution is 2.19. The topological polar surface area (TPSA) is 84.2 Å². The first-order valence-corrected chi connectivity index (χ1v) is 5.23. The van der Waals surface area contributed by atoms with E-state index in [1.165, 1.54) is 17.1 Å². The van der Waals surface area contributed by atoms with Crippen molar-refractivity contribution in [2.45, 2.75) is 26.8 Å². The first kappa shape index (κ1) is 13.2. The van der Waals surface area contributed by atoms with Gasteiger partial charge < -0.3 is 15.0 Å². The third-order valence-electron chi connectivity index (χ3n) is 2.44. The molecule has 6 heteroatoms. The first-order chi connectivity index (χ1) is 7.73. The van der Waals surface area contributed by atoms with Crippen LogP contribution in [0, 0.1) is 5.41 Å². The van der Waals surface area contributed by atoms with E-state index in [4.69, 9.17) is 5.11 Å². The summed E-state index contributed by atoms with van der Waals surface area (Å²) >= 11 is 0. The Morgan fingerprint density at radius 3 is 2.41 bits per heavy atom. The second-order valence-corrected chi connectivity index (χ2v) is 5.00. The first-order valence-electron chi connectivity index (χ1n) is 5.23. The van der Waals surface area contributed by atoms with E-state index in [0.717, 1.165) is 0 Å². The van der Waals surface area contributed by atoms with Crippen LogP contribution >= 0.6 is 0 Å². The summed E-state index contributed by atoms with van der Waals surface area (Å²) in [7, 11) is 1.68. The lowest BCUT2D eigenvalue weighted by atomic mass is 9.86. The number of rotatable bonds is 3. The molecule has 1 unspecified atom stereocenters. The predicted molar refractivity (Wildman–Crippen MR) is 61.6 cm³/mol. The molecule has 2 N–H and O–H groups in total. The molecule has 0 aliphatic carbocycles. The monoisotopic (exact) mass is 239 g/mol. The number of carboxylic acid groups (broad SMARTS) is 1. The molecule has 0 spiro atoms. The minimum atomic E-state index is -1.05. The molecule has 1 atom stereocenters. The molecule has 0 aromatic carbocycles. The Labute approximate surface area is 99.7 Å². The lowest BCUT2D eigenvalue weighted by Crippen LogP contribution is -2.49. The van der Waals surface area contributed by atoms with Crippen molar-refractivity contribution in [3.63, 3.8) is 0 Å². The van der Waals surface area contributed by atoms with Gasteiger partial charge in [0.1, 0.15) is 11.7 Å². The second-order valence-electron chi connectivity index (χ2n) is 5.00. The fraction of sp³-hybridized carbons (Fsp3) is 0.545. The molecule has 0 aliphatic rings. The number of nitrogens with zero attached hydrogens (tertiary/aromatic N) is 2. The van der Waals surface area contributed by atoms with Gasteiger partial charge in [-0.1, -0.05) is 20.8 Å². The minimum Gasteiger partial charge on any atom is -0.480 e. The Hall–Kier alpha value is -1.85. The molecule has 1 aromatic rings. The normalized spacial score (nSPS) is 13.2. The molecule has 17 heavy (non-hydrogen) atoms. The molecule has 1 heterocycles. The van der Waals surface area contributed by atoms with Gasteiger partial charge in [0.05, 0.1) is 12.5 Å². The summed E-state index contributed by atoms with van der Waals surface area (Å²) < 4.78 is 1.54. The summed E-state index contributed by atoms with van der Waals surface area (Å²) in [5.74, 6) is -1.49. The maximum atomic E-state index is 11.9. The molecular weight excluding hydrogens is 222 g/mol. The van der Waals surface area contributed by atoms with E-state index in [0.29, 0.717) is 5.69 Å². The number of carbonyl (C=O) groups excluding carboxylic acids is 1. The number of amides is 1. The molecule has 0 saturated heterocycles. The van der Waals surface area contributed by atoms with Crippen LogP contribution in [0.15, 0.2) is 12.5 Å². The van der Waals surface area contributed by atoms with E-state index < -0.39 is 23.3 Å². The van der Waals surface area contributed by atoms with Crippen molar-refractivity contribution in [1.82, 2.24) is 14.9 Å². The van der Waals surface area contributed by atoms with Crippen molar-refractivity contribution < 1.29 is 14.7 Å². The van der Waals surface area contributed by atoms with E-state index in [9.17, 15) is 9.59 Å². The van der Waals surface area contributed by atoms with Crippen molar-refractivity contribution in [3.8, 4) is 0 Å². The molecular formula is C11H17N3O3. The van der Waals surface area contributed by atoms with Crippen molar-refractivity contribution >= 4 is 11.9 Å². The van der Waals surface area contributed by atoms with Crippen LogP contribution in [0.1, 0.15) is 31.3 Å². The summed E-state index contributed by atoms with van der Waals surface area (Å²) in [5.41, 5.74) is -0.222. The third-order valence-corrected chi connectivity index (χ3v) is 2.44. The number of imidazole rings is 1. The number of carboxylic acids is 1. The molecule has 6 nitrogen and oxygen atoms in total. The SMILES string of the molecule is Cn1cncc1C(=O)NC(C(=O)O)C(C)(C)C. The zero-order chi connectivity index (χ0) is 13.2. The van der Waals surface area contributed by atoms with Crippen LogP contribution in [0.3, 0.4) is 0 Å². The van der Waals surface area contributed by atoms with Gasteiger partial charge in [-0.25, -0.2) is 9.78 Å². The molecule has 0 radical (unpaired) electrons. The Kier molecular flexibility index (Phi) is 3.55. The summed E-state index contributed by atoms with van der Waals surface area (Å²) in [6, 6.07) is -0.940. The van der Waals surface area contributed by atoms with Gasteiger partial charge in [0, 0.05) is 7.05 Å². The van der Waals surface area contributed by atoms with Gasteiger partial charge in [-0.3, -0.25) is 4.79 Å². The van der Waals surface area contributed by atoms with Crippen LogP contribution in [0.25, 0.3) is 0 Å². The summed E-state index contributed by atoms with van der Waals surface area (Å²) in [5, 5.41) is 11.6. The lowest BCUT2D eigenvalue weighted by molar-refractivity contribution is -0.142. The van der Waals surface area contributed by atoms with E-state index in [1.807, 2.05) is 0 Å². The molecule has 0 fully saturated rings. The van der Waals surface area contributed by atoms with Gasteiger partial charge in [-0.2, -0.15) is 0 Å². The number of hydrogen-bond acceptors (Lipinski definition) is 3. The van der Waals surface area contributed by atoms with Crippen molar-refractivity contribution in [1.29, 1.82) is 0 Å². The zero-order valence-electron chi connectivity index (χ0n) is 10.4. The van der Waals surface area contributed by atoms with Gasteiger partial charge in [0.25, 0.3) is 5.91 Å². The van der Waals surface area contributed by atoms with E-state index in [-0.39, 0.29) is 0 Å². The molecule has 0 bridgehead atoms. The Morgan fingerprint density at radius 2 is 2.06 bits per heavy atom. The molecule has 0 aliphatic heterocycles. The fourth-order valence-electron chi connectivity index (χ4n) is 1.43. The average Bonchev–Trinajstić information content (AvgIpc) is 2.58. The van der Waals surface area contributed by atoms with Gasteiger partial charge in [-0.05, 0) is 5.41 Å². The fourth-order valence-corrected chi connectivity index (χ4v) is 1.43. The molecule has 1 aromatic heterocycles. The third kappa shape index (κ3) is 3.05. The Morgan fingerprint density at radius 1 is 1.47 bits per heavy atom. The number of aromatic nitrogens is 2. The second kappa shape index (κ2) is 4.57. The van der Waals surface area contributed by atoms with Crippen LogP contribution in [0.4, 0.5) is 0 Å². The smallest absolute Gasteiger partial charge is 0.326 e. The van der Waals surface area contributed by atoms with Gasteiger partial charge in [0.15, 0.2) is 0 Å². The standard InChI is InChI=1S/C11H17N3O3/c1-11(2,3)8(10(16)17)13-9(15)7-5-12-6-14(7)4/h5-6,8H,1-4H3,(H,13,15)(H,16,17). The van der Waals surface area contributed by atoms with Crippen LogP contribution in [0.2, 0.25) is 0 Å². The van der Waals surface area contributed by atoms with Crippen LogP contribution in [-0.2, 0) is 11.8 Å². The van der Waals surface area contributed by atoms with E-state index in [2.05, 4.69) is 10.3 Å². The highest BCUT2D eigenvalue weighted by atomic mass is 16.4. The molecule has 0 saturated carbocycles. The Bertz CT molecular complexity index is 431. The number of hydrogen-bond donors (Lipinski definition) is 2. The van der Waals surface area contributed by atoms with E-state index in [1.54, 1.807) is 27.8 Å². The number of carbonyl (C=O) groups is 2. The lowest BCUT2D eigenvalue weighted by Gasteiger charge is -2.27. The van der Waals surface area contributed by atoms with Crippen LogP contribution < -0.4 is 5.32 Å². The predicted octanol–water partition coefficient (Wildman–Crippen LogP) is 0.649. The summed E-state index contributed by atoms with van der Waals surface area (Å²) in [6.07, 6.45) is 2.89. The molecule has 1 amide bonds. The maximum absolute atomic E-state index is 11.9. The summed E-state index contributed by atoms with van der Waals surface area (Å²) in [6.45, 7) is 5.28.